The third kappa shape index (κ3) is 3.67. The third-order valence-corrected chi connectivity index (χ3v) is 5.27. The van der Waals surface area contributed by atoms with Gasteiger partial charge < -0.3 is 9.64 Å². The van der Waals surface area contributed by atoms with E-state index in [9.17, 15) is 4.79 Å². The molecule has 1 amide bonds. The maximum absolute atomic E-state index is 12.8. The van der Waals surface area contributed by atoms with Crippen molar-refractivity contribution in [3.05, 3.63) is 114 Å². The second-order valence-electron chi connectivity index (χ2n) is 7.33. The molecule has 0 saturated carbocycles. The molecule has 4 nitrogen and oxygen atoms in total. The summed E-state index contributed by atoms with van der Waals surface area (Å²) < 4.78 is 5.85. The topological polar surface area (TPSA) is 42.4 Å². The maximum Gasteiger partial charge on any atom is 0.254 e. The van der Waals surface area contributed by atoms with E-state index in [2.05, 4.69) is 11.1 Å². The third-order valence-electron chi connectivity index (χ3n) is 5.27. The van der Waals surface area contributed by atoms with E-state index in [0.717, 1.165) is 39.3 Å². The number of carbonyl (C=O) groups excluding carboxylic acids is 1. The summed E-state index contributed by atoms with van der Waals surface area (Å²) in [6, 6.07) is 27.6. The van der Waals surface area contributed by atoms with Gasteiger partial charge in [0.1, 0.15) is 11.5 Å². The summed E-state index contributed by atoms with van der Waals surface area (Å²) in [5.41, 5.74) is 5.14. The van der Waals surface area contributed by atoms with Gasteiger partial charge in [-0.05, 0) is 70.8 Å². The van der Waals surface area contributed by atoms with Crippen molar-refractivity contribution in [1.29, 1.82) is 0 Å². The lowest BCUT2D eigenvalue weighted by Crippen LogP contribution is -2.23. The van der Waals surface area contributed by atoms with Gasteiger partial charge in [0.25, 0.3) is 5.91 Å². The SMILES string of the molecule is O=C1c2ccc(-c3ccncc3)cc2CN1Cc1ccc(Oc2ccccc2)cc1. The number of pyridine rings is 1. The van der Waals surface area contributed by atoms with Crippen LogP contribution in [0.25, 0.3) is 11.1 Å². The van der Waals surface area contributed by atoms with Crippen LogP contribution in [0.3, 0.4) is 0 Å². The lowest BCUT2D eigenvalue weighted by atomic mass is 10.0. The van der Waals surface area contributed by atoms with Crippen LogP contribution in [0.2, 0.25) is 0 Å². The van der Waals surface area contributed by atoms with Gasteiger partial charge in [-0.2, -0.15) is 0 Å². The minimum Gasteiger partial charge on any atom is -0.457 e. The summed E-state index contributed by atoms with van der Waals surface area (Å²) in [5.74, 6) is 1.67. The number of hydrogen-bond donors (Lipinski definition) is 0. The molecular formula is C26H20N2O2. The Morgan fingerprint density at radius 2 is 1.53 bits per heavy atom. The number of amides is 1. The Hall–Kier alpha value is -3.92. The van der Waals surface area contributed by atoms with Crippen LogP contribution < -0.4 is 4.74 Å². The summed E-state index contributed by atoms with van der Waals surface area (Å²) in [5, 5.41) is 0. The Kier molecular flexibility index (Phi) is 4.74. The fourth-order valence-corrected chi connectivity index (χ4v) is 3.74. The van der Waals surface area contributed by atoms with E-state index in [1.165, 1.54) is 0 Å². The minimum atomic E-state index is 0.0795. The van der Waals surface area contributed by atoms with Crippen molar-refractivity contribution in [3.8, 4) is 22.6 Å². The first-order chi connectivity index (χ1) is 14.8. The second-order valence-corrected chi connectivity index (χ2v) is 7.33. The van der Waals surface area contributed by atoms with Crippen molar-refractivity contribution in [1.82, 2.24) is 9.88 Å². The molecule has 0 unspecified atom stereocenters. The number of para-hydroxylation sites is 1. The maximum atomic E-state index is 12.8. The van der Waals surface area contributed by atoms with Crippen molar-refractivity contribution in [2.45, 2.75) is 13.1 Å². The van der Waals surface area contributed by atoms with Crippen LogP contribution in [0.4, 0.5) is 0 Å². The first kappa shape index (κ1) is 18.1. The van der Waals surface area contributed by atoms with E-state index in [1.54, 1.807) is 12.4 Å². The zero-order chi connectivity index (χ0) is 20.3. The van der Waals surface area contributed by atoms with Crippen molar-refractivity contribution in [3.63, 3.8) is 0 Å². The first-order valence-corrected chi connectivity index (χ1v) is 9.91. The molecule has 0 N–H and O–H groups in total. The standard InChI is InChI=1S/C26H20N2O2/c29-26-25-11-8-21(20-12-14-27-15-13-20)16-22(25)18-28(26)17-19-6-9-24(10-7-19)30-23-4-2-1-3-5-23/h1-16H,17-18H2. The van der Waals surface area contributed by atoms with Crippen LogP contribution in [0.5, 0.6) is 11.5 Å². The van der Waals surface area contributed by atoms with Gasteiger partial charge in [-0.1, -0.05) is 36.4 Å². The molecule has 4 aromatic rings. The number of ether oxygens (including phenoxy) is 1. The van der Waals surface area contributed by atoms with Crippen molar-refractivity contribution in [2.75, 3.05) is 0 Å². The van der Waals surface area contributed by atoms with E-state index < -0.39 is 0 Å². The Bertz CT molecular complexity index is 1170. The van der Waals surface area contributed by atoms with Gasteiger partial charge in [-0.25, -0.2) is 0 Å². The van der Waals surface area contributed by atoms with Gasteiger partial charge >= 0.3 is 0 Å². The highest BCUT2D eigenvalue weighted by Gasteiger charge is 2.27. The fourth-order valence-electron chi connectivity index (χ4n) is 3.74. The van der Waals surface area contributed by atoms with Crippen molar-refractivity contribution >= 4 is 5.91 Å². The van der Waals surface area contributed by atoms with Crippen LogP contribution in [-0.4, -0.2) is 15.8 Å². The lowest BCUT2D eigenvalue weighted by Gasteiger charge is -2.16. The summed E-state index contributed by atoms with van der Waals surface area (Å²) in [7, 11) is 0. The van der Waals surface area contributed by atoms with Gasteiger partial charge in [0.15, 0.2) is 0 Å². The van der Waals surface area contributed by atoms with E-state index in [0.29, 0.717) is 13.1 Å². The molecule has 5 rings (SSSR count). The Morgan fingerprint density at radius 1 is 0.800 bits per heavy atom. The highest BCUT2D eigenvalue weighted by atomic mass is 16.5. The average molecular weight is 392 g/mol. The summed E-state index contributed by atoms with van der Waals surface area (Å²) >= 11 is 0. The molecular weight excluding hydrogens is 372 g/mol. The monoisotopic (exact) mass is 392 g/mol. The second kappa shape index (κ2) is 7.84. The van der Waals surface area contributed by atoms with Crippen LogP contribution in [-0.2, 0) is 13.1 Å². The zero-order valence-electron chi connectivity index (χ0n) is 16.4. The molecule has 146 valence electrons. The minimum absolute atomic E-state index is 0.0795. The number of fused-ring (bicyclic) bond motifs is 1. The number of nitrogens with zero attached hydrogens (tertiary/aromatic N) is 2. The van der Waals surface area contributed by atoms with Gasteiger partial charge in [-0.15, -0.1) is 0 Å². The number of carbonyl (C=O) groups is 1. The Morgan fingerprint density at radius 3 is 2.30 bits per heavy atom. The molecule has 1 aliphatic rings. The largest absolute Gasteiger partial charge is 0.457 e. The predicted octanol–water partition coefficient (Wildman–Crippen LogP) is 5.70. The molecule has 3 aromatic carbocycles. The molecule has 0 saturated heterocycles. The molecule has 0 radical (unpaired) electrons. The smallest absolute Gasteiger partial charge is 0.254 e. The molecule has 1 aliphatic heterocycles. The Balaban J connectivity index is 1.29. The summed E-state index contributed by atoms with van der Waals surface area (Å²) in [6.45, 7) is 1.19. The zero-order valence-corrected chi connectivity index (χ0v) is 16.4. The van der Waals surface area contributed by atoms with Crippen molar-refractivity contribution in [2.24, 2.45) is 0 Å². The molecule has 0 bridgehead atoms. The van der Waals surface area contributed by atoms with E-state index in [-0.39, 0.29) is 5.91 Å². The highest BCUT2D eigenvalue weighted by molar-refractivity contribution is 5.99. The Labute approximate surface area is 175 Å². The lowest BCUT2D eigenvalue weighted by molar-refractivity contribution is 0.0766. The van der Waals surface area contributed by atoms with Crippen LogP contribution in [0.15, 0.2) is 97.3 Å². The molecule has 0 aliphatic carbocycles. The first-order valence-electron chi connectivity index (χ1n) is 9.91. The van der Waals surface area contributed by atoms with Crippen LogP contribution in [0, 0.1) is 0 Å². The van der Waals surface area contributed by atoms with Gasteiger partial charge in [-0.3, -0.25) is 9.78 Å². The molecule has 4 heteroatoms. The molecule has 0 atom stereocenters. The summed E-state index contributed by atoms with van der Waals surface area (Å²) in [6.07, 6.45) is 3.57. The van der Waals surface area contributed by atoms with Gasteiger partial charge in [0, 0.05) is 31.0 Å². The molecule has 0 spiro atoms. The predicted molar refractivity (Wildman–Crippen MR) is 116 cm³/mol. The fraction of sp³-hybridized carbons (Fsp3) is 0.0769. The van der Waals surface area contributed by atoms with E-state index in [4.69, 9.17) is 4.74 Å². The number of aromatic nitrogens is 1. The number of rotatable bonds is 5. The van der Waals surface area contributed by atoms with Crippen LogP contribution >= 0.6 is 0 Å². The normalized spacial score (nSPS) is 12.7. The highest BCUT2D eigenvalue weighted by Crippen LogP contribution is 2.30. The average Bonchev–Trinajstić information content (AvgIpc) is 3.11. The molecule has 2 heterocycles. The summed E-state index contributed by atoms with van der Waals surface area (Å²) in [4.78, 5) is 18.8. The quantitative estimate of drug-likeness (QED) is 0.438. The van der Waals surface area contributed by atoms with Gasteiger partial charge in [0.05, 0.1) is 0 Å². The van der Waals surface area contributed by atoms with E-state index in [1.807, 2.05) is 83.8 Å². The molecule has 30 heavy (non-hydrogen) atoms. The number of hydrogen-bond acceptors (Lipinski definition) is 3. The molecule has 0 fully saturated rings. The molecule has 1 aromatic heterocycles. The van der Waals surface area contributed by atoms with E-state index >= 15 is 0 Å². The van der Waals surface area contributed by atoms with Gasteiger partial charge in [0.2, 0.25) is 0 Å². The number of benzene rings is 3. The van der Waals surface area contributed by atoms with Crippen LogP contribution in [0.1, 0.15) is 21.5 Å². The van der Waals surface area contributed by atoms with Crippen molar-refractivity contribution < 1.29 is 9.53 Å².